The summed E-state index contributed by atoms with van der Waals surface area (Å²) in [7, 11) is -1.82. The SMILES string of the molecule is COc1cc(CCCC(=O)O)c(S(C)(=O)=O)cc1C. The highest BCUT2D eigenvalue weighted by atomic mass is 32.2. The van der Waals surface area contributed by atoms with Crippen LogP contribution in [0.15, 0.2) is 17.0 Å². The van der Waals surface area contributed by atoms with Crippen molar-refractivity contribution in [2.24, 2.45) is 0 Å². The Balaban J connectivity index is 3.15. The first kappa shape index (κ1) is 15.5. The number of hydrogen-bond acceptors (Lipinski definition) is 4. The van der Waals surface area contributed by atoms with Crippen molar-refractivity contribution in [1.82, 2.24) is 0 Å². The maximum atomic E-state index is 11.7. The number of aliphatic carboxylic acids is 1. The molecule has 6 heteroatoms. The average molecular weight is 286 g/mol. The van der Waals surface area contributed by atoms with Crippen LogP contribution in [0.4, 0.5) is 0 Å². The molecule has 0 amide bonds. The second kappa shape index (κ2) is 6.06. The van der Waals surface area contributed by atoms with E-state index in [9.17, 15) is 13.2 Å². The Morgan fingerprint density at radius 1 is 1.37 bits per heavy atom. The molecule has 0 unspecified atom stereocenters. The molecule has 0 atom stereocenters. The third-order valence-corrected chi connectivity index (χ3v) is 3.99. The van der Waals surface area contributed by atoms with Crippen LogP contribution in [-0.4, -0.2) is 32.9 Å². The molecule has 0 saturated heterocycles. The lowest BCUT2D eigenvalue weighted by Gasteiger charge is -2.12. The van der Waals surface area contributed by atoms with Crippen LogP contribution in [-0.2, 0) is 21.1 Å². The number of rotatable bonds is 6. The van der Waals surface area contributed by atoms with Gasteiger partial charge in [0.05, 0.1) is 12.0 Å². The molecule has 1 rings (SSSR count). The summed E-state index contributed by atoms with van der Waals surface area (Å²) in [6.07, 6.45) is 1.95. The summed E-state index contributed by atoms with van der Waals surface area (Å²) in [5.74, 6) is -0.280. The average Bonchev–Trinajstić information content (AvgIpc) is 2.28. The molecule has 5 nitrogen and oxygen atoms in total. The van der Waals surface area contributed by atoms with E-state index in [1.54, 1.807) is 19.1 Å². The van der Waals surface area contributed by atoms with Crippen molar-refractivity contribution in [3.63, 3.8) is 0 Å². The monoisotopic (exact) mass is 286 g/mol. The minimum Gasteiger partial charge on any atom is -0.496 e. The first-order valence-electron chi connectivity index (χ1n) is 5.85. The highest BCUT2D eigenvalue weighted by Gasteiger charge is 2.16. The third kappa shape index (κ3) is 4.24. The fourth-order valence-corrected chi connectivity index (χ4v) is 2.92. The number of ether oxygens (including phenoxy) is 1. The van der Waals surface area contributed by atoms with E-state index in [2.05, 4.69) is 0 Å². The molecular formula is C13H18O5S. The second-order valence-electron chi connectivity index (χ2n) is 4.45. The van der Waals surface area contributed by atoms with Gasteiger partial charge in [0.1, 0.15) is 5.75 Å². The van der Waals surface area contributed by atoms with Gasteiger partial charge in [0.25, 0.3) is 0 Å². The van der Waals surface area contributed by atoms with Gasteiger partial charge in [0, 0.05) is 12.7 Å². The number of aryl methyl sites for hydroxylation is 2. The number of carbonyl (C=O) groups is 1. The number of hydrogen-bond donors (Lipinski definition) is 1. The first-order valence-corrected chi connectivity index (χ1v) is 7.74. The normalized spacial score (nSPS) is 11.3. The van der Waals surface area contributed by atoms with Gasteiger partial charge in [-0.15, -0.1) is 0 Å². The third-order valence-electron chi connectivity index (χ3n) is 2.81. The molecule has 0 fully saturated rings. The van der Waals surface area contributed by atoms with E-state index in [-0.39, 0.29) is 11.3 Å². The lowest BCUT2D eigenvalue weighted by atomic mass is 10.1. The summed E-state index contributed by atoms with van der Waals surface area (Å²) in [6.45, 7) is 1.77. The van der Waals surface area contributed by atoms with Gasteiger partial charge in [0.2, 0.25) is 0 Å². The summed E-state index contributed by atoms with van der Waals surface area (Å²) in [6, 6.07) is 3.25. The van der Waals surface area contributed by atoms with E-state index in [0.717, 1.165) is 11.8 Å². The molecule has 0 saturated carbocycles. The van der Waals surface area contributed by atoms with Crippen LogP contribution in [0.2, 0.25) is 0 Å². The molecule has 0 bridgehead atoms. The molecular weight excluding hydrogens is 268 g/mol. The fourth-order valence-electron chi connectivity index (χ4n) is 1.89. The Morgan fingerprint density at radius 2 is 2.00 bits per heavy atom. The first-order chi connectivity index (χ1) is 8.75. The van der Waals surface area contributed by atoms with Crippen molar-refractivity contribution in [3.8, 4) is 5.75 Å². The zero-order valence-corrected chi connectivity index (χ0v) is 12.1. The van der Waals surface area contributed by atoms with Crippen LogP contribution in [0.5, 0.6) is 5.75 Å². The molecule has 0 spiro atoms. The maximum absolute atomic E-state index is 11.7. The predicted octanol–water partition coefficient (Wildman–Crippen LogP) is 1.81. The van der Waals surface area contributed by atoms with Crippen molar-refractivity contribution in [1.29, 1.82) is 0 Å². The van der Waals surface area contributed by atoms with Crippen molar-refractivity contribution in [2.75, 3.05) is 13.4 Å². The summed E-state index contributed by atoms with van der Waals surface area (Å²) in [5, 5.41) is 8.62. The molecule has 0 heterocycles. The highest BCUT2D eigenvalue weighted by Crippen LogP contribution is 2.27. The molecule has 0 radical (unpaired) electrons. The molecule has 0 aliphatic carbocycles. The van der Waals surface area contributed by atoms with Crippen molar-refractivity contribution in [2.45, 2.75) is 31.1 Å². The number of carboxylic acid groups (broad SMARTS) is 1. The zero-order valence-electron chi connectivity index (χ0n) is 11.3. The molecule has 1 aromatic rings. The molecule has 0 aliphatic heterocycles. The predicted molar refractivity (Wildman–Crippen MR) is 71.4 cm³/mol. The van der Waals surface area contributed by atoms with Crippen LogP contribution >= 0.6 is 0 Å². The Hall–Kier alpha value is -1.56. The van der Waals surface area contributed by atoms with Gasteiger partial charge in [-0.25, -0.2) is 8.42 Å². The standard InChI is InChI=1S/C13H18O5S/c1-9-7-12(19(3,16)17)10(8-11(9)18-2)5-4-6-13(14)15/h7-8H,4-6H2,1-3H3,(H,14,15). The largest absolute Gasteiger partial charge is 0.496 e. The van der Waals surface area contributed by atoms with E-state index in [0.29, 0.717) is 24.2 Å². The van der Waals surface area contributed by atoms with Crippen molar-refractivity contribution < 1.29 is 23.1 Å². The highest BCUT2D eigenvalue weighted by molar-refractivity contribution is 7.90. The summed E-state index contributed by atoms with van der Waals surface area (Å²) in [5.41, 5.74) is 1.34. The van der Waals surface area contributed by atoms with Gasteiger partial charge in [0.15, 0.2) is 9.84 Å². The van der Waals surface area contributed by atoms with E-state index < -0.39 is 15.8 Å². The quantitative estimate of drug-likeness (QED) is 0.862. The van der Waals surface area contributed by atoms with Gasteiger partial charge < -0.3 is 9.84 Å². The molecule has 19 heavy (non-hydrogen) atoms. The summed E-state index contributed by atoms with van der Waals surface area (Å²) in [4.78, 5) is 10.8. The summed E-state index contributed by atoms with van der Waals surface area (Å²) >= 11 is 0. The number of sulfone groups is 1. The van der Waals surface area contributed by atoms with Gasteiger partial charge in [-0.2, -0.15) is 0 Å². The van der Waals surface area contributed by atoms with Crippen LogP contribution in [0.25, 0.3) is 0 Å². The van der Waals surface area contributed by atoms with Crippen LogP contribution in [0, 0.1) is 6.92 Å². The Morgan fingerprint density at radius 3 is 2.47 bits per heavy atom. The molecule has 0 aromatic heterocycles. The van der Waals surface area contributed by atoms with E-state index >= 15 is 0 Å². The van der Waals surface area contributed by atoms with Gasteiger partial charge in [-0.05, 0) is 43.0 Å². The van der Waals surface area contributed by atoms with Crippen LogP contribution in [0.1, 0.15) is 24.0 Å². The second-order valence-corrected chi connectivity index (χ2v) is 6.43. The molecule has 1 aromatic carbocycles. The van der Waals surface area contributed by atoms with Gasteiger partial charge >= 0.3 is 5.97 Å². The Kier molecular flexibility index (Phi) is 4.94. The number of methoxy groups -OCH3 is 1. The van der Waals surface area contributed by atoms with Crippen LogP contribution < -0.4 is 4.74 Å². The molecule has 1 N–H and O–H groups in total. The van der Waals surface area contributed by atoms with Gasteiger partial charge in [-0.1, -0.05) is 0 Å². The molecule has 0 aliphatic rings. The summed E-state index contributed by atoms with van der Waals surface area (Å²) < 4.78 is 28.7. The van der Waals surface area contributed by atoms with E-state index in [4.69, 9.17) is 9.84 Å². The van der Waals surface area contributed by atoms with Crippen molar-refractivity contribution in [3.05, 3.63) is 23.3 Å². The van der Waals surface area contributed by atoms with Gasteiger partial charge in [-0.3, -0.25) is 4.79 Å². The smallest absolute Gasteiger partial charge is 0.303 e. The van der Waals surface area contributed by atoms with E-state index in [1.807, 2.05) is 0 Å². The minimum absolute atomic E-state index is 0.0133. The van der Waals surface area contributed by atoms with Crippen molar-refractivity contribution >= 4 is 15.8 Å². The lowest BCUT2D eigenvalue weighted by molar-refractivity contribution is -0.137. The topological polar surface area (TPSA) is 80.7 Å². The van der Waals surface area contributed by atoms with E-state index in [1.165, 1.54) is 7.11 Å². The Labute approximate surface area is 113 Å². The van der Waals surface area contributed by atoms with Crippen LogP contribution in [0.3, 0.4) is 0 Å². The maximum Gasteiger partial charge on any atom is 0.303 e. The fraction of sp³-hybridized carbons (Fsp3) is 0.462. The Bertz CT molecular complexity index is 575. The lowest BCUT2D eigenvalue weighted by Crippen LogP contribution is -2.05. The number of carboxylic acids is 1. The minimum atomic E-state index is -3.33. The zero-order chi connectivity index (χ0) is 14.6. The molecule has 106 valence electrons. The number of benzene rings is 1.